The summed E-state index contributed by atoms with van der Waals surface area (Å²) in [5.41, 5.74) is 6.91. The van der Waals surface area contributed by atoms with Crippen molar-refractivity contribution >= 4 is 5.69 Å². The van der Waals surface area contributed by atoms with Crippen LogP contribution in [0.15, 0.2) is 47.0 Å². The molecule has 3 rings (SSSR count). The summed E-state index contributed by atoms with van der Waals surface area (Å²) in [6, 6.07) is 11.4. The minimum Gasteiger partial charge on any atom is -0.496 e. The van der Waals surface area contributed by atoms with E-state index in [-0.39, 0.29) is 11.5 Å². The molecule has 2 N–H and O–H groups in total. The van der Waals surface area contributed by atoms with E-state index in [0.717, 1.165) is 0 Å². The van der Waals surface area contributed by atoms with Crippen LogP contribution in [0.5, 0.6) is 5.75 Å². The predicted octanol–water partition coefficient (Wildman–Crippen LogP) is 3.13. The van der Waals surface area contributed by atoms with E-state index in [2.05, 4.69) is 10.1 Å². The van der Waals surface area contributed by atoms with Gasteiger partial charge in [-0.3, -0.25) is 0 Å². The predicted molar refractivity (Wildman–Crippen MR) is 76.1 cm³/mol. The molecule has 1 heterocycles. The Bertz CT molecular complexity index is 786. The number of hydrogen-bond acceptors (Lipinski definition) is 5. The first-order valence-corrected chi connectivity index (χ1v) is 6.21. The van der Waals surface area contributed by atoms with Gasteiger partial charge in [0.2, 0.25) is 5.82 Å². The molecule has 0 aliphatic carbocycles. The molecule has 6 heteroatoms. The van der Waals surface area contributed by atoms with Crippen molar-refractivity contribution in [2.24, 2.45) is 0 Å². The smallest absolute Gasteiger partial charge is 0.261 e. The molecule has 0 radical (unpaired) electrons. The Morgan fingerprint density at radius 3 is 2.76 bits per heavy atom. The number of para-hydroxylation sites is 1. The number of nitrogens with zero attached hydrogens (tertiary/aromatic N) is 2. The Balaban J connectivity index is 2.06. The van der Waals surface area contributed by atoms with Crippen LogP contribution < -0.4 is 10.5 Å². The van der Waals surface area contributed by atoms with Gasteiger partial charge in [-0.25, -0.2) is 4.39 Å². The minimum atomic E-state index is -0.473. The second kappa shape index (κ2) is 5.24. The van der Waals surface area contributed by atoms with Gasteiger partial charge in [0, 0.05) is 5.69 Å². The van der Waals surface area contributed by atoms with Gasteiger partial charge >= 0.3 is 0 Å². The van der Waals surface area contributed by atoms with Crippen LogP contribution in [0.1, 0.15) is 0 Å². The maximum Gasteiger partial charge on any atom is 0.261 e. The van der Waals surface area contributed by atoms with E-state index in [0.29, 0.717) is 22.8 Å². The SMILES string of the molecule is COc1ccccc1-c1noc(-c2cc(N)ccc2F)n1. The Kier molecular flexibility index (Phi) is 3.27. The van der Waals surface area contributed by atoms with Gasteiger partial charge in [0.05, 0.1) is 18.2 Å². The summed E-state index contributed by atoms with van der Waals surface area (Å²) >= 11 is 0. The molecule has 0 amide bonds. The second-order valence-corrected chi connectivity index (χ2v) is 4.36. The van der Waals surface area contributed by atoms with E-state index in [1.807, 2.05) is 12.1 Å². The molecule has 0 aliphatic rings. The molecule has 0 unspecified atom stereocenters. The van der Waals surface area contributed by atoms with E-state index < -0.39 is 5.82 Å². The number of nitrogens with two attached hydrogens (primary N) is 1. The fourth-order valence-corrected chi connectivity index (χ4v) is 1.98. The van der Waals surface area contributed by atoms with Crippen molar-refractivity contribution < 1.29 is 13.7 Å². The van der Waals surface area contributed by atoms with E-state index in [4.69, 9.17) is 15.0 Å². The Morgan fingerprint density at radius 2 is 1.95 bits per heavy atom. The molecule has 0 aliphatic heterocycles. The average Bonchev–Trinajstić information content (AvgIpc) is 2.99. The van der Waals surface area contributed by atoms with Gasteiger partial charge in [-0.15, -0.1) is 0 Å². The van der Waals surface area contributed by atoms with Gasteiger partial charge in [-0.05, 0) is 30.3 Å². The number of hydrogen-bond donors (Lipinski definition) is 1. The maximum atomic E-state index is 13.8. The first-order valence-electron chi connectivity index (χ1n) is 6.21. The normalized spacial score (nSPS) is 10.6. The molecule has 0 saturated heterocycles. The van der Waals surface area contributed by atoms with Crippen LogP contribution in [0.2, 0.25) is 0 Å². The number of benzene rings is 2. The van der Waals surface area contributed by atoms with E-state index >= 15 is 0 Å². The topological polar surface area (TPSA) is 74.2 Å². The zero-order chi connectivity index (χ0) is 14.8. The number of nitrogen functional groups attached to an aromatic ring is 1. The van der Waals surface area contributed by atoms with Gasteiger partial charge in [0.25, 0.3) is 5.89 Å². The maximum absolute atomic E-state index is 13.8. The van der Waals surface area contributed by atoms with Gasteiger partial charge in [0.1, 0.15) is 11.6 Å². The van der Waals surface area contributed by atoms with Crippen molar-refractivity contribution in [1.82, 2.24) is 10.1 Å². The van der Waals surface area contributed by atoms with Crippen LogP contribution >= 0.6 is 0 Å². The zero-order valence-electron chi connectivity index (χ0n) is 11.2. The summed E-state index contributed by atoms with van der Waals surface area (Å²) in [5, 5.41) is 3.87. The fourth-order valence-electron chi connectivity index (χ4n) is 1.98. The van der Waals surface area contributed by atoms with Crippen molar-refractivity contribution in [3.05, 3.63) is 48.3 Å². The summed E-state index contributed by atoms with van der Waals surface area (Å²) in [7, 11) is 1.55. The van der Waals surface area contributed by atoms with Crippen LogP contribution in [0, 0.1) is 5.82 Å². The molecule has 0 spiro atoms. The number of ether oxygens (including phenoxy) is 1. The highest BCUT2D eigenvalue weighted by Crippen LogP contribution is 2.30. The molecule has 106 valence electrons. The Hall–Kier alpha value is -2.89. The van der Waals surface area contributed by atoms with E-state index in [1.54, 1.807) is 19.2 Å². The summed E-state index contributed by atoms with van der Waals surface area (Å²) in [6.45, 7) is 0. The lowest BCUT2D eigenvalue weighted by Crippen LogP contribution is -1.90. The molecule has 0 atom stereocenters. The van der Waals surface area contributed by atoms with Crippen molar-refractivity contribution in [3.8, 4) is 28.6 Å². The Morgan fingerprint density at radius 1 is 1.14 bits per heavy atom. The minimum absolute atomic E-state index is 0.0701. The van der Waals surface area contributed by atoms with Crippen molar-refractivity contribution in [3.63, 3.8) is 0 Å². The zero-order valence-corrected chi connectivity index (χ0v) is 11.2. The molecule has 2 aromatic carbocycles. The quantitative estimate of drug-likeness (QED) is 0.748. The molecule has 1 aromatic heterocycles. The number of aromatic nitrogens is 2. The highest BCUT2D eigenvalue weighted by Gasteiger charge is 2.16. The molecular weight excluding hydrogens is 273 g/mol. The van der Waals surface area contributed by atoms with E-state index in [9.17, 15) is 4.39 Å². The standard InChI is InChI=1S/C15H12FN3O2/c1-20-13-5-3-2-4-10(13)14-18-15(21-19-14)11-8-9(17)6-7-12(11)16/h2-8H,17H2,1H3. The van der Waals surface area contributed by atoms with Crippen LogP contribution in [0.4, 0.5) is 10.1 Å². The van der Waals surface area contributed by atoms with Crippen molar-refractivity contribution in [1.29, 1.82) is 0 Å². The molecule has 0 fully saturated rings. The third-order valence-electron chi connectivity index (χ3n) is 2.99. The lowest BCUT2D eigenvalue weighted by Gasteiger charge is -2.03. The summed E-state index contributed by atoms with van der Waals surface area (Å²) < 4.78 is 24.2. The number of halogens is 1. The average molecular weight is 285 g/mol. The molecule has 0 bridgehead atoms. The molecule has 0 saturated carbocycles. The van der Waals surface area contributed by atoms with Gasteiger partial charge in [-0.2, -0.15) is 4.98 Å². The third kappa shape index (κ3) is 2.43. The van der Waals surface area contributed by atoms with Crippen LogP contribution in [0.25, 0.3) is 22.8 Å². The highest BCUT2D eigenvalue weighted by molar-refractivity contribution is 5.67. The Labute approximate surface area is 120 Å². The van der Waals surface area contributed by atoms with Gasteiger partial charge in [-0.1, -0.05) is 17.3 Å². The van der Waals surface area contributed by atoms with Crippen LogP contribution in [-0.2, 0) is 0 Å². The molecular formula is C15H12FN3O2. The summed E-state index contributed by atoms with van der Waals surface area (Å²) in [5.74, 6) is 0.530. The largest absolute Gasteiger partial charge is 0.496 e. The molecule has 21 heavy (non-hydrogen) atoms. The van der Waals surface area contributed by atoms with Crippen molar-refractivity contribution in [2.45, 2.75) is 0 Å². The summed E-state index contributed by atoms with van der Waals surface area (Å²) in [6.07, 6.45) is 0. The van der Waals surface area contributed by atoms with Gasteiger partial charge < -0.3 is 15.0 Å². The second-order valence-electron chi connectivity index (χ2n) is 4.36. The monoisotopic (exact) mass is 285 g/mol. The van der Waals surface area contributed by atoms with Gasteiger partial charge in [0.15, 0.2) is 0 Å². The first kappa shape index (κ1) is 13.1. The van der Waals surface area contributed by atoms with Crippen LogP contribution in [0.3, 0.4) is 0 Å². The molecule has 3 aromatic rings. The molecule has 5 nitrogen and oxygen atoms in total. The lowest BCUT2D eigenvalue weighted by molar-refractivity contribution is 0.413. The first-order chi connectivity index (χ1) is 10.2. The summed E-state index contributed by atoms with van der Waals surface area (Å²) in [4.78, 5) is 4.21. The number of anilines is 1. The van der Waals surface area contributed by atoms with Crippen LogP contribution in [-0.4, -0.2) is 17.3 Å². The van der Waals surface area contributed by atoms with E-state index in [1.165, 1.54) is 18.2 Å². The van der Waals surface area contributed by atoms with Crippen molar-refractivity contribution in [2.75, 3.05) is 12.8 Å². The highest BCUT2D eigenvalue weighted by atomic mass is 19.1. The number of methoxy groups -OCH3 is 1. The third-order valence-corrected chi connectivity index (χ3v) is 2.99. The number of rotatable bonds is 3. The lowest BCUT2D eigenvalue weighted by atomic mass is 10.1. The fraction of sp³-hybridized carbons (Fsp3) is 0.0667.